The number of benzene rings is 2. The van der Waals surface area contributed by atoms with Gasteiger partial charge in [-0.1, -0.05) is 37.3 Å². The summed E-state index contributed by atoms with van der Waals surface area (Å²) in [6.45, 7) is 3.41. The molecule has 0 saturated heterocycles. The van der Waals surface area contributed by atoms with Gasteiger partial charge < -0.3 is 10.1 Å². The minimum Gasteiger partial charge on any atom is -0.483 e. The van der Waals surface area contributed by atoms with Crippen LogP contribution in [-0.4, -0.2) is 18.3 Å². The summed E-state index contributed by atoms with van der Waals surface area (Å²) in [7, 11) is 0. The SMILES string of the molecule is CCc1ccccc1OCC(=O)Nc1ccccc1C(C)=O. The molecular weight excluding hydrogens is 278 g/mol. The molecule has 4 heteroatoms. The molecule has 0 atom stereocenters. The van der Waals surface area contributed by atoms with Crippen LogP contribution >= 0.6 is 0 Å². The highest BCUT2D eigenvalue weighted by Crippen LogP contribution is 2.19. The number of anilines is 1. The molecule has 114 valence electrons. The van der Waals surface area contributed by atoms with Gasteiger partial charge in [0, 0.05) is 5.56 Å². The van der Waals surface area contributed by atoms with Crippen LogP contribution in [-0.2, 0) is 11.2 Å². The monoisotopic (exact) mass is 297 g/mol. The molecule has 0 aliphatic heterocycles. The van der Waals surface area contributed by atoms with Crippen LogP contribution in [0, 0.1) is 0 Å². The van der Waals surface area contributed by atoms with Gasteiger partial charge in [-0.25, -0.2) is 0 Å². The number of ketones is 1. The minimum absolute atomic E-state index is 0.0897. The van der Waals surface area contributed by atoms with Crippen molar-refractivity contribution in [3.8, 4) is 5.75 Å². The van der Waals surface area contributed by atoms with Crippen molar-refractivity contribution in [1.29, 1.82) is 0 Å². The van der Waals surface area contributed by atoms with E-state index in [1.807, 2.05) is 31.2 Å². The Labute approximate surface area is 130 Å². The average Bonchev–Trinajstić information content (AvgIpc) is 2.53. The lowest BCUT2D eigenvalue weighted by Crippen LogP contribution is -2.21. The van der Waals surface area contributed by atoms with E-state index in [1.54, 1.807) is 24.3 Å². The number of amides is 1. The number of carbonyl (C=O) groups is 2. The number of hydrogen-bond donors (Lipinski definition) is 1. The Morgan fingerprint density at radius 1 is 1.05 bits per heavy atom. The van der Waals surface area contributed by atoms with Crippen LogP contribution in [0.2, 0.25) is 0 Å². The number of carbonyl (C=O) groups excluding carboxylic acids is 2. The zero-order valence-corrected chi connectivity index (χ0v) is 12.8. The van der Waals surface area contributed by atoms with Crippen molar-refractivity contribution in [2.45, 2.75) is 20.3 Å². The Hall–Kier alpha value is -2.62. The fourth-order valence-corrected chi connectivity index (χ4v) is 2.17. The number of rotatable bonds is 6. The van der Waals surface area contributed by atoms with Gasteiger partial charge in [0.2, 0.25) is 0 Å². The molecule has 0 spiro atoms. The molecule has 0 radical (unpaired) electrons. The second-order valence-electron chi connectivity index (χ2n) is 4.90. The molecule has 0 aliphatic carbocycles. The number of ether oxygens (including phenoxy) is 1. The van der Waals surface area contributed by atoms with E-state index in [0.717, 1.165) is 12.0 Å². The van der Waals surface area contributed by atoms with Crippen LogP contribution in [0.5, 0.6) is 5.75 Å². The molecule has 0 aliphatic rings. The van der Waals surface area contributed by atoms with Crippen LogP contribution in [0.1, 0.15) is 29.8 Å². The molecule has 1 amide bonds. The van der Waals surface area contributed by atoms with Crippen molar-refractivity contribution in [3.63, 3.8) is 0 Å². The predicted molar refractivity (Wildman–Crippen MR) is 86.4 cm³/mol. The summed E-state index contributed by atoms with van der Waals surface area (Å²) in [5.74, 6) is 0.327. The van der Waals surface area contributed by atoms with E-state index in [1.165, 1.54) is 6.92 Å². The number of Topliss-reactive ketones (excluding diaryl/α,β-unsaturated/α-hetero) is 1. The van der Waals surface area contributed by atoms with Crippen LogP contribution in [0.4, 0.5) is 5.69 Å². The first-order valence-electron chi connectivity index (χ1n) is 7.22. The molecule has 0 saturated carbocycles. The average molecular weight is 297 g/mol. The van der Waals surface area contributed by atoms with Crippen molar-refractivity contribution in [2.75, 3.05) is 11.9 Å². The Morgan fingerprint density at radius 3 is 2.45 bits per heavy atom. The summed E-state index contributed by atoms with van der Waals surface area (Å²) >= 11 is 0. The van der Waals surface area contributed by atoms with E-state index in [9.17, 15) is 9.59 Å². The first kappa shape index (κ1) is 15.8. The lowest BCUT2D eigenvalue weighted by molar-refractivity contribution is -0.118. The number of nitrogens with one attached hydrogen (secondary N) is 1. The van der Waals surface area contributed by atoms with E-state index in [4.69, 9.17) is 4.74 Å². The third kappa shape index (κ3) is 3.95. The molecule has 2 aromatic rings. The second-order valence-corrected chi connectivity index (χ2v) is 4.90. The van der Waals surface area contributed by atoms with Gasteiger partial charge in [0.15, 0.2) is 12.4 Å². The van der Waals surface area contributed by atoms with Crippen LogP contribution < -0.4 is 10.1 Å². The summed E-state index contributed by atoms with van der Waals surface area (Å²) in [6, 6.07) is 14.6. The molecule has 0 fully saturated rings. The highest BCUT2D eigenvalue weighted by molar-refractivity contribution is 6.03. The zero-order chi connectivity index (χ0) is 15.9. The Morgan fingerprint density at radius 2 is 1.73 bits per heavy atom. The summed E-state index contributed by atoms with van der Waals surface area (Å²) < 4.78 is 5.57. The van der Waals surface area contributed by atoms with Gasteiger partial charge in [-0.15, -0.1) is 0 Å². The molecule has 0 bridgehead atoms. The van der Waals surface area contributed by atoms with Gasteiger partial charge in [0.25, 0.3) is 5.91 Å². The summed E-state index contributed by atoms with van der Waals surface area (Å²) in [6.07, 6.45) is 0.838. The zero-order valence-electron chi connectivity index (χ0n) is 12.8. The molecule has 0 aromatic heterocycles. The fraction of sp³-hybridized carbons (Fsp3) is 0.222. The van der Waals surface area contributed by atoms with E-state index in [-0.39, 0.29) is 18.3 Å². The van der Waals surface area contributed by atoms with Crippen LogP contribution in [0.25, 0.3) is 0 Å². The number of aryl methyl sites for hydroxylation is 1. The van der Waals surface area contributed by atoms with Gasteiger partial charge in [-0.3, -0.25) is 9.59 Å². The number of para-hydroxylation sites is 2. The molecular formula is C18H19NO3. The summed E-state index contributed by atoms with van der Waals surface area (Å²) in [4.78, 5) is 23.5. The fourth-order valence-electron chi connectivity index (χ4n) is 2.17. The van der Waals surface area contributed by atoms with Crippen molar-refractivity contribution >= 4 is 17.4 Å². The lowest BCUT2D eigenvalue weighted by Gasteiger charge is -2.12. The molecule has 4 nitrogen and oxygen atoms in total. The standard InChI is InChI=1S/C18H19NO3/c1-3-14-8-4-7-11-17(14)22-12-18(21)19-16-10-6-5-9-15(16)13(2)20/h4-11H,3,12H2,1-2H3,(H,19,21). The summed E-state index contributed by atoms with van der Waals surface area (Å²) in [5.41, 5.74) is 2.05. The van der Waals surface area contributed by atoms with Crippen molar-refractivity contribution in [3.05, 3.63) is 59.7 Å². The summed E-state index contributed by atoms with van der Waals surface area (Å²) in [5, 5.41) is 2.71. The quantitative estimate of drug-likeness (QED) is 0.831. The maximum absolute atomic E-state index is 12.0. The van der Waals surface area contributed by atoms with E-state index in [2.05, 4.69) is 5.32 Å². The number of hydrogen-bond acceptors (Lipinski definition) is 3. The van der Waals surface area contributed by atoms with Crippen LogP contribution in [0.3, 0.4) is 0 Å². The Kier molecular flexibility index (Phi) is 5.31. The predicted octanol–water partition coefficient (Wildman–Crippen LogP) is 3.47. The lowest BCUT2D eigenvalue weighted by atomic mass is 10.1. The highest BCUT2D eigenvalue weighted by Gasteiger charge is 2.10. The minimum atomic E-state index is -0.292. The van der Waals surface area contributed by atoms with Gasteiger partial charge >= 0.3 is 0 Å². The second kappa shape index (κ2) is 7.41. The van der Waals surface area contributed by atoms with Crippen molar-refractivity contribution < 1.29 is 14.3 Å². The first-order valence-corrected chi connectivity index (χ1v) is 7.22. The topological polar surface area (TPSA) is 55.4 Å². The third-order valence-corrected chi connectivity index (χ3v) is 3.29. The van der Waals surface area contributed by atoms with Gasteiger partial charge in [-0.05, 0) is 37.1 Å². The Balaban J connectivity index is 2.01. The molecule has 22 heavy (non-hydrogen) atoms. The molecule has 2 aromatic carbocycles. The van der Waals surface area contributed by atoms with Gasteiger partial charge in [-0.2, -0.15) is 0 Å². The van der Waals surface area contributed by atoms with Crippen molar-refractivity contribution in [2.24, 2.45) is 0 Å². The molecule has 1 N–H and O–H groups in total. The molecule has 2 rings (SSSR count). The van der Waals surface area contributed by atoms with Crippen LogP contribution in [0.15, 0.2) is 48.5 Å². The van der Waals surface area contributed by atoms with E-state index in [0.29, 0.717) is 17.0 Å². The van der Waals surface area contributed by atoms with Crippen molar-refractivity contribution in [1.82, 2.24) is 0 Å². The largest absolute Gasteiger partial charge is 0.483 e. The third-order valence-electron chi connectivity index (χ3n) is 3.29. The van der Waals surface area contributed by atoms with E-state index >= 15 is 0 Å². The maximum atomic E-state index is 12.0. The first-order chi connectivity index (χ1) is 10.6. The highest BCUT2D eigenvalue weighted by atomic mass is 16.5. The molecule has 0 unspecified atom stereocenters. The smallest absolute Gasteiger partial charge is 0.262 e. The maximum Gasteiger partial charge on any atom is 0.262 e. The van der Waals surface area contributed by atoms with E-state index < -0.39 is 0 Å². The van der Waals surface area contributed by atoms with Gasteiger partial charge in [0.05, 0.1) is 5.69 Å². The van der Waals surface area contributed by atoms with Gasteiger partial charge in [0.1, 0.15) is 5.75 Å². The Bertz CT molecular complexity index is 680. The normalized spacial score (nSPS) is 10.1. The molecule has 0 heterocycles.